The van der Waals surface area contributed by atoms with Crippen LogP contribution in [0.3, 0.4) is 0 Å². The van der Waals surface area contributed by atoms with Gasteiger partial charge in [-0.3, -0.25) is 4.90 Å². The number of benzene rings is 3. The fourth-order valence-corrected chi connectivity index (χ4v) is 5.11. The Bertz CT molecular complexity index is 1050. The molecule has 1 aliphatic rings. The molecule has 3 aromatic carbocycles. The summed E-state index contributed by atoms with van der Waals surface area (Å²) in [5.41, 5.74) is 6.54. The van der Waals surface area contributed by atoms with Crippen molar-refractivity contribution in [3.05, 3.63) is 83.4 Å². The number of anilines is 2. The molecule has 34 heavy (non-hydrogen) atoms. The number of hydrogen-bond acceptors (Lipinski definition) is 5. The van der Waals surface area contributed by atoms with E-state index in [0.29, 0.717) is 0 Å². The first kappa shape index (κ1) is 24.5. The van der Waals surface area contributed by atoms with E-state index in [1.54, 1.807) is 19.1 Å². The highest BCUT2D eigenvalue weighted by Gasteiger charge is 2.20. The molecule has 0 radical (unpaired) electrons. The fraction of sp³-hybridized carbons (Fsp3) is 0.379. The minimum atomic E-state index is 0.958. The minimum absolute atomic E-state index is 0.958. The van der Waals surface area contributed by atoms with Gasteiger partial charge in [-0.25, -0.2) is 0 Å². The molecule has 1 aliphatic heterocycles. The number of nitrogens with one attached hydrogen (secondary N) is 1. The largest absolute Gasteiger partial charge is 0.495 e. The molecular weight excluding hydrogens is 438 g/mol. The van der Waals surface area contributed by atoms with Gasteiger partial charge in [-0.05, 0) is 84.8 Å². The Morgan fingerprint density at radius 1 is 0.941 bits per heavy atom. The second-order valence-corrected chi connectivity index (χ2v) is 9.91. The summed E-state index contributed by atoms with van der Waals surface area (Å²) in [6.45, 7) is 9.59. The highest BCUT2D eigenvalue weighted by Crippen LogP contribution is 2.29. The summed E-state index contributed by atoms with van der Waals surface area (Å²) < 4.78 is 9.08. The molecule has 180 valence electrons. The van der Waals surface area contributed by atoms with Crippen molar-refractivity contribution in [3.8, 4) is 5.75 Å². The van der Waals surface area contributed by atoms with Crippen molar-refractivity contribution in [2.45, 2.75) is 44.6 Å². The molecule has 4 nitrogen and oxygen atoms in total. The van der Waals surface area contributed by atoms with E-state index in [1.165, 1.54) is 46.5 Å². The molecule has 1 N–H and O–H groups in total. The van der Waals surface area contributed by atoms with E-state index >= 15 is 0 Å². The molecule has 1 saturated heterocycles. The Morgan fingerprint density at radius 2 is 1.71 bits per heavy atom. The van der Waals surface area contributed by atoms with Crippen molar-refractivity contribution in [3.63, 3.8) is 0 Å². The van der Waals surface area contributed by atoms with Crippen molar-refractivity contribution in [2.75, 3.05) is 42.9 Å². The Balaban J connectivity index is 1.31. The first-order chi connectivity index (χ1) is 16.7. The topological polar surface area (TPSA) is 27.7 Å². The molecule has 1 fully saturated rings. The highest BCUT2D eigenvalue weighted by molar-refractivity contribution is 8.00. The zero-order chi connectivity index (χ0) is 23.8. The molecule has 0 amide bonds. The van der Waals surface area contributed by atoms with Crippen molar-refractivity contribution in [1.29, 1.82) is 0 Å². The SMILES string of the molecule is CCCCc1ccc(NSc2ccc(C)c(CN3CCN(c4ccccc4OC)CC3)c2)cc1. The first-order valence-corrected chi connectivity index (χ1v) is 13.2. The Morgan fingerprint density at radius 3 is 2.44 bits per heavy atom. The lowest BCUT2D eigenvalue weighted by molar-refractivity contribution is 0.248. The average Bonchev–Trinajstić information content (AvgIpc) is 2.89. The molecule has 1 heterocycles. The summed E-state index contributed by atoms with van der Waals surface area (Å²) in [5, 5.41) is 0. The van der Waals surface area contributed by atoms with Crippen LogP contribution in [0, 0.1) is 6.92 Å². The summed E-state index contributed by atoms with van der Waals surface area (Å²) in [6, 6.07) is 24.0. The highest BCUT2D eigenvalue weighted by atomic mass is 32.2. The summed E-state index contributed by atoms with van der Waals surface area (Å²) >= 11 is 1.69. The number of ether oxygens (including phenoxy) is 1. The maximum absolute atomic E-state index is 5.56. The van der Waals surface area contributed by atoms with Gasteiger partial charge in [0.1, 0.15) is 5.75 Å². The number of unbranched alkanes of at least 4 members (excludes halogenated alkanes) is 1. The second kappa shape index (κ2) is 12.2. The summed E-state index contributed by atoms with van der Waals surface area (Å²) in [5.74, 6) is 0.958. The molecule has 0 atom stereocenters. The molecule has 0 saturated carbocycles. The number of piperazine rings is 1. The lowest BCUT2D eigenvalue weighted by Gasteiger charge is -2.36. The van der Waals surface area contributed by atoms with Crippen LogP contribution in [0.1, 0.15) is 36.5 Å². The van der Waals surface area contributed by atoms with Crippen molar-refractivity contribution >= 4 is 23.3 Å². The van der Waals surface area contributed by atoms with Gasteiger partial charge in [-0.1, -0.05) is 43.7 Å². The van der Waals surface area contributed by atoms with E-state index in [9.17, 15) is 0 Å². The maximum Gasteiger partial charge on any atom is 0.142 e. The molecular formula is C29H37N3OS. The van der Waals surface area contributed by atoms with E-state index in [-0.39, 0.29) is 0 Å². The van der Waals surface area contributed by atoms with Gasteiger partial charge in [-0.2, -0.15) is 0 Å². The Labute approximate surface area is 209 Å². The molecule has 0 unspecified atom stereocenters. The maximum atomic E-state index is 5.56. The quantitative estimate of drug-likeness (QED) is 0.326. The van der Waals surface area contributed by atoms with Crippen LogP contribution in [0.4, 0.5) is 11.4 Å². The molecule has 0 bridgehead atoms. The van der Waals surface area contributed by atoms with Gasteiger partial charge < -0.3 is 14.4 Å². The predicted molar refractivity (Wildman–Crippen MR) is 146 cm³/mol. The normalized spacial score (nSPS) is 14.3. The van der Waals surface area contributed by atoms with Crippen LogP contribution in [-0.2, 0) is 13.0 Å². The van der Waals surface area contributed by atoms with Crippen LogP contribution in [0.2, 0.25) is 0 Å². The van der Waals surface area contributed by atoms with Crippen molar-refractivity contribution in [2.24, 2.45) is 0 Å². The van der Waals surface area contributed by atoms with Gasteiger partial charge in [0.25, 0.3) is 0 Å². The lowest BCUT2D eigenvalue weighted by atomic mass is 10.1. The number of rotatable bonds is 10. The van der Waals surface area contributed by atoms with E-state index in [0.717, 1.165) is 44.2 Å². The third-order valence-electron chi connectivity index (χ3n) is 6.57. The first-order valence-electron chi connectivity index (χ1n) is 12.4. The molecule has 0 aliphatic carbocycles. The fourth-order valence-electron chi connectivity index (χ4n) is 4.40. The number of hydrogen-bond donors (Lipinski definition) is 1. The van der Waals surface area contributed by atoms with E-state index in [2.05, 4.69) is 83.0 Å². The predicted octanol–water partition coefficient (Wildman–Crippen LogP) is 6.79. The van der Waals surface area contributed by atoms with Crippen LogP contribution in [0.5, 0.6) is 5.75 Å². The monoisotopic (exact) mass is 475 g/mol. The third-order valence-corrected chi connectivity index (χ3v) is 7.40. The standard InChI is InChI=1S/C29H37N3OS/c1-4-5-8-24-12-14-26(15-13-24)30-34-27-16-11-23(2)25(21-27)22-31-17-19-32(20-18-31)28-9-6-7-10-29(28)33-3/h6-7,9-16,21,30H,4-5,8,17-20,22H2,1-3H3. The van der Waals surface area contributed by atoms with Gasteiger partial charge in [-0.15, -0.1) is 0 Å². The number of methoxy groups -OCH3 is 1. The number of para-hydroxylation sites is 2. The molecule has 5 heteroatoms. The average molecular weight is 476 g/mol. The van der Waals surface area contributed by atoms with Crippen molar-refractivity contribution < 1.29 is 4.74 Å². The van der Waals surface area contributed by atoms with Gasteiger partial charge in [0.2, 0.25) is 0 Å². The minimum Gasteiger partial charge on any atom is -0.495 e. The van der Waals surface area contributed by atoms with Crippen LogP contribution in [-0.4, -0.2) is 38.2 Å². The molecule has 4 rings (SSSR count). The zero-order valence-electron chi connectivity index (χ0n) is 20.7. The molecule has 0 spiro atoms. The third kappa shape index (κ3) is 6.49. The van der Waals surface area contributed by atoms with Crippen LogP contribution in [0.15, 0.2) is 71.6 Å². The summed E-state index contributed by atoms with van der Waals surface area (Å²) in [4.78, 5) is 6.25. The Kier molecular flexibility index (Phi) is 8.78. The van der Waals surface area contributed by atoms with Crippen LogP contribution in [0.25, 0.3) is 0 Å². The zero-order valence-corrected chi connectivity index (χ0v) is 21.5. The number of nitrogens with zero attached hydrogens (tertiary/aromatic N) is 2. The number of aryl methyl sites for hydroxylation is 2. The summed E-state index contributed by atoms with van der Waals surface area (Å²) in [7, 11) is 1.75. The van der Waals surface area contributed by atoms with Crippen LogP contribution >= 0.6 is 11.9 Å². The second-order valence-electron chi connectivity index (χ2n) is 9.03. The van der Waals surface area contributed by atoms with Gasteiger partial charge in [0.15, 0.2) is 0 Å². The van der Waals surface area contributed by atoms with Gasteiger partial charge in [0, 0.05) is 43.3 Å². The van der Waals surface area contributed by atoms with Crippen molar-refractivity contribution in [1.82, 2.24) is 4.90 Å². The van der Waals surface area contributed by atoms with E-state index < -0.39 is 0 Å². The lowest BCUT2D eigenvalue weighted by Crippen LogP contribution is -2.46. The smallest absolute Gasteiger partial charge is 0.142 e. The van der Waals surface area contributed by atoms with Gasteiger partial charge in [0.05, 0.1) is 12.8 Å². The van der Waals surface area contributed by atoms with Crippen LogP contribution < -0.4 is 14.4 Å². The Hall–Kier alpha value is -2.63. The van der Waals surface area contributed by atoms with E-state index in [4.69, 9.17) is 4.74 Å². The van der Waals surface area contributed by atoms with Gasteiger partial charge >= 0.3 is 0 Å². The van der Waals surface area contributed by atoms with E-state index in [1.807, 2.05) is 12.1 Å². The summed E-state index contributed by atoms with van der Waals surface area (Å²) in [6.07, 6.45) is 3.66. The molecule has 3 aromatic rings. The molecule has 0 aromatic heterocycles.